The molecule has 2 aromatic carbocycles. The predicted octanol–water partition coefficient (Wildman–Crippen LogP) is 3.58. The summed E-state index contributed by atoms with van der Waals surface area (Å²) in [6.45, 7) is 1.87. The van der Waals surface area contributed by atoms with Gasteiger partial charge in [-0.15, -0.1) is 0 Å². The molecule has 3 rings (SSSR count). The molecule has 0 saturated carbocycles. The van der Waals surface area contributed by atoms with Gasteiger partial charge in [-0.1, -0.05) is 22.8 Å². The first-order valence-electron chi connectivity index (χ1n) is 7.64. The van der Waals surface area contributed by atoms with E-state index in [-0.39, 0.29) is 29.6 Å². The molecular weight excluding hydrogens is 358 g/mol. The second-order valence-electron chi connectivity index (χ2n) is 5.59. The van der Waals surface area contributed by atoms with Crippen molar-refractivity contribution in [1.82, 2.24) is 10.1 Å². The van der Waals surface area contributed by atoms with E-state index in [1.165, 1.54) is 12.1 Å². The fourth-order valence-electron chi connectivity index (χ4n) is 2.22. The van der Waals surface area contributed by atoms with Gasteiger partial charge in [-0.25, -0.2) is 4.79 Å². The Labute approximate surface area is 153 Å². The van der Waals surface area contributed by atoms with Crippen LogP contribution in [0, 0.1) is 6.92 Å². The van der Waals surface area contributed by atoms with Gasteiger partial charge in [0.15, 0.2) is 5.82 Å². The summed E-state index contributed by atoms with van der Waals surface area (Å²) < 4.78 is 5.13. The van der Waals surface area contributed by atoms with Gasteiger partial charge in [0.05, 0.1) is 12.0 Å². The molecule has 0 spiro atoms. The van der Waals surface area contributed by atoms with Crippen molar-refractivity contribution in [2.24, 2.45) is 0 Å². The van der Waals surface area contributed by atoms with Crippen LogP contribution < -0.4 is 5.32 Å². The van der Waals surface area contributed by atoms with Gasteiger partial charge in [0, 0.05) is 16.3 Å². The zero-order chi connectivity index (χ0) is 18.7. The second-order valence-corrected chi connectivity index (χ2v) is 5.99. The zero-order valence-corrected chi connectivity index (χ0v) is 14.4. The lowest BCUT2D eigenvalue weighted by molar-refractivity contribution is -0.115. The average molecular weight is 372 g/mol. The van der Waals surface area contributed by atoms with Crippen LogP contribution in [0.3, 0.4) is 0 Å². The number of carbonyl (C=O) groups is 2. The lowest BCUT2D eigenvalue weighted by Crippen LogP contribution is -2.15. The molecule has 1 amide bonds. The van der Waals surface area contributed by atoms with E-state index in [1.807, 2.05) is 13.0 Å². The third-order valence-corrected chi connectivity index (χ3v) is 4.03. The van der Waals surface area contributed by atoms with E-state index in [0.29, 0.717) is 16.3 Å². The third-order valence-electron chi connectivity index (χ3n) is 3.62. The molecule has 3 aromatic rings. The number of halogens is 1. The molecule has 0 atom stereocenters. The third kappa shape index (κ3) is 4.07. The molecule has 0 aliphatic carbocycles. The Morgan fingerprint density at radius 3 is 2.58 bits per heavy atom. The van der Waals surface area contributed by atoms with Crippen LogP contribution in [0.2, 0.25) is 5.02 Å². The molecule has 0 aliphatic rings. The summed E-state index contributed by atoms with van der Waals surface area (Å²) in [5.41, 5.74) is 2.23. The molecule has 26 heavy (non-hydrogen) atoms. The van der Waals surface area contributed by atoms with Crippen molar-refractivity contribution < 1.29 is 19.2 Å². The normalized spacial score (nSPS) is 10.5. The molecule has 0 unspecified atom stereocenters. The summed E-state index contributed by atoms with van der Waals surface area (Å²) in [6, 6.07) is 11.2. The molecule has 2 N–H and O–H groups in total. The monoisotopic (exact) mass is 371 g/mol. The quantitative estimate of drug-likeness (QED) is 0.710. The van der Waals surface area contributed by atoms with E-state index >= 15 is 0 Å². The van der Waals surface area contributed by atoms with Crippen molar-refractivity contribution in [3.05, 3.63) is 64.4 Å². The highest BCUT2D eigenvalue weighted by molar-refractivity contribution is 6.31. The lowest BCUT2D eigenvalue weighted by Gasteiger charge is -2.05. The summed E-state index contributed by atoms with van der Waals surface area (Å²) >= 11 is 6.03. The Morgan fingerprint density at radius 1 is 1.19 bits per heavy atom. The number of nitrogens with one attached hydrogen (secondary N) is 1. The lowest BCUT2D eigenvalue weighted by atomic mass is 10.1. The number of aryl methyl sites for hydroxylation is 1. The van der Waals surface area contributed by atoms with Crippen molar-refractivity contribution in [1.29, 1.82) is 0 Å². The van der Waals surface area contributed by atoms with E-state index < -0.39 is 5.97 Å². The fourth-order valence-corrected chi connectivity index (χ4v) is 2.40. The van der Waals surface area contributed by atoms with Crippen LogP contribution in [0.25, 0.3) is 11.5 Å². The van der Waals surface area contributed by atoms with Crippen molar-refractivity contribution in [2.75, 3.05) is 5.32 Å². The van der Waals surface area contributed by atoms with Crippen LogP contribution in [0.5, 0.6) is 0 Å². The number of hydrogen-bond donors (Lipinski definition) is 2. The first-order chi connectivity index (χ1) is 12.4. The fraction of sp³-hybridized carbons (Fsp3) is 0.111. The summed E-state index contributed by atoms with van der Waals surface area (Å²) in [7, 11) is 0. The predicted molar refractivity (Wildman–Crippen MR) is 95.2 cm³/mol. The minimum Gasteiger partial charge on any atom is -0.478 e. The summed E-state index contributed by atoms with van der Waals surface area (Å²) in [5, 5.41) is 16.0. The van der Waals surface area contributed by atoms with Crippen LogP contribution in [0.1, 0.15) is 21.7 Å². The van der Waals surface area contributed by atoms with E-state index in [2.05, 4.69) is 15.5 Å². The molecule has 0 radical (unpaired) electrons. The Balaban J connectivity index is 1.66. The molecule has 8 heteroatoms. The van der Waals surface area contributed by atoms with Gasteiger partial charge in [0.1, 0.15) is 0 Å². The SMILES string of the molecule is Cc1ccc(NC(=O)Cc2noc(-c3ccc(C(=O)O)cc3)n2)cc1Cl. The summed E-state index contributed by atoms with van der Waals surface area (Å²) in [4.78, 5) is 27.1. The van der Waals surface area contributed by atoms with Crippen LogP contribution in [-0.4, -0.2) is 27.1 Å². The highest BCUT2D eigenvalue weighted by atomic mass is 35.5. The second kappa shape index (κ2) is 7.37. The smallest absolute Gasteiger partial charge is 0.335 e. The average Bonchev–Trinajstić information content (AvgIpc) is 3.06. The number of nitrogens with zero attached hydrogens (tertiary/aromatic N) is 2. The van der Waals surface area contributed by atoms with Crippen molar-refractivity contribution in [3.8, 4) is 11.5 Å². The van der Waals surface area contributed by atoms with Gasteiger partial charge in [-0.2, -0.15) is 4.98 Å². The van der Waals surface area contributed by atoms with E-state index in [0.717, 1.165) is 5.56 Å². The van der Waals surface area contributed by atoms with Gasteiger partial charge >= 0.3 is 5.97 Å². The topological polar surface area (TPSA) is 105 Å². The Kier molecular flexibility index (Phi) is 4.99. The Morgan fingerprint density at radius 2 is 1.92 bits per heavy atom. The van der Waals surface area contributed by atoms with E-state index in [9.17, 15) is 9.59 Å². The minimum atomic E-state index is -1.02. The highest BCUT2D eigenvalue weighted by Gasteiger charge is 2.13. The Hall–Kier alpha value is -3.19. The van der Waals surface area contributed by atoms with Crippen molar-refractivity contribution >= 4 is 29.2 Å². The first-order valence-corrected chi connectivity index (χ1v) is 8.02. The molecule has 1 heterocycles. The van der Waals surface area contributed by atoms with Gasteiger partial charge in [0.2, 0.25) is 5.91 Å². The molecule has 0 fully saturated rings. The van der Waals surface area contributed by atoms with Crippen molar-refractivity contribution in [3.63, 3.8) is 0 Å². The number of carboxylic acid groups (broad SMARTS) is 1. The maximum absolute atomic E-state index is 12.1. The van der Waals surface area contributed by atoms with Crippen LogP contribution in [0.15, 0.2) is 47.0 Å². The summed E-state index contributed by atoms with van der Waals surface area (Å²) in [5.74, 6) is -0.893. The molecule has 0 bridgehead atoms. The number of anilines is 1. The van der Waals surface area contributed by atoms with Crippen LogP contribution in [0.4, 0.5) is 5.69 Å². The molecule has 132 valence electrons. The highest BCUT2D eigenvalue weighted by Crippen LogP contribution is 2.21. The van der Waals surface area contributed by atoms with Crippen LogP contribution >= 0.6 is 11.6 Å². The zero-order valence-electron chi connectivity index (χ0n) is 13.7. The van der Waals surface area contributed by atoms with Gasteiger partial charge in [0.25, 0.3) is 5.89 Å². The minimum absolute atomic E-state index is 0.0673. The van der Waals surface area contributed by atoms with Gasteiger partial charge < -0.3 is 14.9 Å². The maximum Gasteiger partial charge on any atom is 0.335 e. The number of hydrogen-bond acceptors (Lipinski definition) is 5. The number of carboxylic acids is 1. The largest absolute Gasteiger partial charge is 0.478 e. The number of amides is 1. The van der Waals surface area contributed by atoms with E-state index in [1.54, 1.807) is 24.3 Å². The number of aromatic nitrogens is 2. The first kappa shape index (κ1) is 17.6. The number of aromatic carboxylic acids is 1. The van der Waals surface area contributed by atoms with Crippen LogP contribution in [-0.2, 0) is 11.2 Å². The van der Waals surface area contributed by atoms with Crippen molar-refractivity contribution in [2.45, 2.75) is 13.3 Å². The molecule has 0 saturated heterocycles. The molecule has 1 aromatic heterocycles. The molecule has 0 aliphatic heterocycles. The van der Waals surface area contributed by atoms with Gasteiger partial charge in [-0.05, 0) is 48.9 Å². The number of rotatable bonds is 5. The number of benzene rings is 2. The molecule has 7 nitrogen and oxygen atoms in total. The Bertz CT molecular complexity index is 967. The van der Waals surface area contributed by atoms with Gasteiger partial charge in [-0.3, -0.25) is 4.79 Å². The number of carbonyl (C=O) groups excluding carboxylic acids is 1. The van der Waals surface area contributed by atoms with E-state index in [4.69, 9.17) is 21.2 Å². The standard InChI is InChI=1S/C18H14ClN3O4/c1-10-2-7-13(8-14(10)19)20-16(23)9-15-21-17(26-22-15)11-3-5-12(6-4-11)18(24)25/h2-8H,9H2,1H3,(H,20,23)(H,24,25). The maximum atomic E-state index is 12.1. The molecular formula is C18H14ClN3O4. The summed E-state index contributed by atoms with van der Waals surface area (Å²) in [6.07, 6.45) is -0.0673.